The monoisotopic (exact) mass is 528 g/mol. The summed E-state index contributed by atoms with van der Waals surface area (Å²) in [5, 5.41) is 40.9. The van der Waals surface area contributed by atoms with Crippen LogP contribution in [0.2, 0.25) is 0 Å². The predicted octanol–water partition coefficient (Wildman–Crippen LogP) is 4.60. The van der Waals surface area contributed by atoms with Crippen LogP contribution in [0, 0.1) is 18.8 Å². The average Bonchev–Trinajstić information content (AvgIpc) is 3.43. The van der Waals surface area contributed by atoms with Gasteiger partial charge >= 0.3 is 5.97 Å². The van der Waals surface area contributed by atoms with E-state index in [0.717, 1.165) is 19.3 Å². The Bertz CT molecular complexity index is 1000. The molecule has 5 unspecified atom stereocenters. The molecular weight excluding hydrogens is 488 g/mol. The Kier molecular flexibility index (Phi) is 12.0. The Labute approximate surface area is 223 Å². The van der Waals surface area contributed by atoms with Crippen LogP contribution < -0.4 is 0 Å². The van der Waals surface area contributed by atoms with Gasteiger partial charge in [-0.2, -0.15) is 0 Å². The zero-order valence-corrected chi connectivity index (χ0v) is 22.3. The van der Waals surface area contributed by atoms with Crippen LogP contribution in [0.4, 0.5) is 0 Å². The maximum atomic E-state index is 12.2. The fourth-order valence-electron chi connectivity index (χ4n) is 4.78. The van der Waals surface area contributed by atoms with Crippen LogP contribution in [-0.2, 0) is 11.2 Å². The first-order chi connectivity index (χ1) is 17.9. The molecule has 202 valence electrons. The normalized spacial score (nSPS) is 23.6. The number of thiophene rings is 1. The Morgan fingerprint density at radius 3 is 2.59 bits per heavy atom. The van der Waals surface area contributed by atoms with E-state index in [1.54, 1.807) is 41.7 Å². The van der Waals surface area contributed by atoms with Crippen molar-refractivity contribution in [2.24, 2.45) is 11.8 Å². The average molecular weight is 529 g/mol. The van der Waals surface area contributed by atoms with Gasteiger partial charge in [0.1, 0.15) is 6.10 Å². The summed E-state index contributed by atoms with van der Waals surface area (Å²) in [5.74, 6) is -0.740. The lowest BCUT2D eigenvalue weighted by atomic mass is 9.89. The van der Waals surface area contributed by atoms with E-state index in [4.69, 9.17) is 4.74 Å². The van der Waals surface area contributed by atoms with E-state index >= 15 is 0 Å². The van der Waals surface area contributed by atoms with Crippen molar-refractivity contribution in [1.82, 2.24) is 0 Å². The molecule has 1 aliphatic rings. The Balaban J connectivity index is 1.40. The Hall–Kier alpha value is -2.29. The van der Waals surface area contributed by atoms with Crippen molar-refractivity contribution in [2.75, 3.05) is 6.61 Å². The molecule has 4 N–H and O–H groups in total. The quantitative estimate of drug-likeness (QED) is 0.162. The number of unbranched alkanes of at least 4 members (excludes halogenated alkanes) is 1. The first kappa shape index (κ1) is 29.3. The number of ether oxygens (including phenoxy) is 1. The molecule has 3 rings (SSSR count). The van der Waals surface area contributed by atoms with Crippen LogP contribution in [0.3, 0.4) is 0 Å². The predicted molar refractivity (Wildman–Crippen MR) is 146 cm³/mol. The number of carbonyl (C=O) groups is 1. The number of hydrogen-bond donors (Lipinski definition) is 4. The summed E-state index contributed by atoms with van der Waals surface area (Å²) >= 11 is 1.74. The van der Waals surface area contributed by atoms with Gasteiger partial charge in [-0.3, -0.25) is 0 Å². The molecule has 1 aromatic heterocycles. The van der Waals surface area contributed by atoms with E-state index in [-0.39, 0.29) is 18.4 Å². The molecule has 0 radical (unpaired) electrons. The highest BCUT2D eigenvalue weighted by atomic mass is 32.1. The van der Waals surface area contributed by atoms with Crippen LogP contribution in [0.1, 0.15) is 58.6 Å². The molecule has 1 aromatic carbocycles. The van der Waals surface area contributed by atoms with Crippen molar-refractivity contribution < 1.29 is 30.0 Å². The van der Waals surface area contributed by atoms with Gasteiger partial charge < -0.3 is 25.2 Å². The first-order valence-electron chi connectivity index (χ1n) is 13.2. The summed E-state index contributed by atoms with van der Waals surface area (Å²) in [6.45, 7) is 1.85. The number of rotatable bonds is 14. The van der Waals surface area contributed by atoms with Gasteiger partial charge in [0.05, 0.1) is 30.5 Å². The van der Waals surface area contributed by atoms with E-state index in [1.165, 1.54) is 9.75 Å². The van der Waals surface area contributed by atoms with Gasteiger partial charge in [-0.25, -0.2) is 4.79 Å². The Morgan fingerprint density at radius 2 is 1.89 bits per heavy atom. The fraction of sp³-hybridized carbons (Fsp3) is 0.500. The Morgan fingerprint density at radius 1 is 1.11 bits per heavy atom. The van der Waals surface area contributed by atoms with Gasteiger partial charge in [0.15, 0.2) is 0 Å². The minimum absolute atomic E-state index is 0.105. The second-order valence-electron chi connectivity index (χ2n) is 9.83. The third-order valence-corrected chi connectivity index (χ3v) is 7.97. The molecule has 0 aliphatic heterocycles. The zero-order valence-electron chi connectivity index (χ0n) is 21.5. The minimum Gasteiger partial charge on any atom is -0.456 e. The van der Waals surface area contributed by atoms with Gasteiger partial charge in [0.25, 0.3) is 0 Å². The molecule has 1 heterocycles. The van der Waals surface area contributed by atoms with Gasteiger partial charge in [-0.15, -0.1) is 11.3 Å². The number of aliphatic hydroxyl groups is 4. The largest absolute Gasteiger partial charge is 0.456 e. The number of allylic oxidation sites excluding steroid dienone is 2. The van der Waals surface area contributed by atoms with Crippen molar-refractivity contribution in [2.45, 2.75) is 76.3 Å². The molecule has 0 saturated heterocycles. The molecule has 1 aliphatic carbocycles. The SMILES string of the molecule is Cc1ccc(CCC(O)/C=C/C2C(O)CC(O)C2C/C=C\CCC[C@H](CO)OC(=O)c2ccccc2)s1. The third kappa shape index (κ3) is 9.51. The molecule has 1 fully saturated rings. The van der Waals surface area contributed by atoms with Gasteiger partial charge in [0.2, 0.25) is 0 Å². The lowest BCUT2D eigenvalue weighted by molar-refractivity contribution is 0.0110. The molecule has 37 heavy (non-hydrogen) atoms. The van der Waals surface area contributed by atoms with Gasteiger partial charge in [-0.05, 0) is 75.6 Å². The highest BCUT2D eigenvalue weighted by Crippen LogP contribution is 2.36. The first-order valence-corrected chi connectivity index (χ1v) is 14.0. The second-order valence-corrected chi connectivity index (χ2v) is 11.2. The van der Waals surface area contributed by atoms with E-state index in [0.29, 0.717) is 31.2 Å². The number of aryl methyl sites for hydroxylation is 2. The van der Waals surface area contributed by atoms with E-state index in [2.05, 4.69) is 19.1 Å². The molecular formula is C30H40O6S. The van der Waals surface area contributed by atoms with E-state index in [9.17, 15) is 25.2 Å². The highest BCUT2D eigenvalue weighted by molar-refractivity contribution is 7.11. The topological polar surface area (TPSA) is 107 Å². The number of benzene rings is 1. The molecule has 7 heteroatoms. The van der Waals surface area contributed by atoms with Crippen molar-refractivity contribution >= 4 is 17.3 Å². The molecule has 6 atom stereocenters. The fourth-order valence-corrected chi connectivity index (χ4v) is 5.69. The van der Waals surface area contributed by atoms with Gasteiger partial charge in [0, 0.05) is 22.1 Å². The third-order valence-electron chi connectivity index (χ3n) is 6.91. The van der Waals surface area contributed by atoms with E-state index in [1.807, 2.05) is 24.3 Å². The smallest absolute Gasteiger partial charge is 0.338 e. The molecule has 6 nitrogen and oxygen atoms in total. The van der Waals surface area contributed by atoms with Crippen molar-refractivity contribution in [3.63, 3.8) is 0 Å². The summed E-state index contributed by atoms with van der Waals surface area (Å²) < 4.78 is 5.40. The molecule has 0 spiro atoms. The summed E-state index contributed by atoms with van der Waals surface area (Å²) in [6.07, 6.45) is 9.81. The highest BCUT2D eigenvalue weighted by Gasteiger charge is 2.39. The van der Waals surface area contributed by atoms with Crippen LogP contribution in [0.25, 0.3) is 0 Å². The maximum absolute atomic E-state index is 12.2. The van der Waals surface area contributed by atoms with Crippen molar-refractivity contribution in [3.05, 3.63) is 82.1 Å². The zero-order chi connectivity index (χ0) is 26.6. The lowest BCUT2D eigenvalue weighted by Gasteiger charge is -2.19. The van der Waals surface area contributed by atoms with Crippen LogP contribution >= 0.6 is 11.3 Å². The van der Waals surface area contributed by atoms with Crippen LogP contribution in [0.5, 0.6) is 0 Å². The molecule has 1 saturated carbocycles. The number of hydrogen-bond acceptors (Lipinski definition) is 7. The second kappa shape index (κ2) is 15.2. The summed E-state index contributed by atoms with van der Waals surface area (Å²) in [7, 11) is 0. The van der Waals surface area contributed by atoms with Crippen molar-refractivity contribution in [1.29, 1.82) is 0 Å². The summed E-state index contributed by atoms with van der Waals surface area (Å²) in [6, 6.07) is 12.9. The minimum atomic E-state index is -0.624. The van der Waals surface area contributed by atoms with Crippen LogP contribution in [-0.4, -0.2) is 57.4 Å². The van der Waals surface area contributed by atoms with Crippen molar-refractivity contribution in [3.8, 4) is 0 Å². The molecule has 0 bridgehead atoms. The molecule has 2 aromatic rings. The summed E-state index contributed by atoms with van der Waals surface area (Å²) in [5.41, 5.74) is 0.465. The number of esters is 1. The standard InChI is InChI=1S/C30H40O6S/c1-21-13-16-25(37-21)17-14-23(32)15-18-27-26(28(33)19-29(27)34)12-8-3-2-7-11-24(20-31)36-30(35)22-9-5-4-6-10-22/h3-6,8-10,13,15-16,18,23-24,26-29,31-34H,2,7,11-12,14,17,19-20H2,1H3/b8-3-,18-15+/t23?,24-,26?,27?,28?,29?/m1/s1. The molecule has 0 amide bonds. The van der Waals surface area contributed by atoms with Gasteiger partial charge in [-0.1, -0.05) is 42.5 Å². The summed E-state index contributed by atoms with van der Waals surface area (Å²) in [4.78, 5) is 14.7. The van der Waals surface area contributed by atoms with Crippen LogP contribution in [0.15, 0.2) is 66.8 Å². The lowest BCUT2D eigenvalue weighted by Crippen LogP contribution is -2.22. The van der Waals surface area contributed by atoms with E-state index < -0.39 is 30.4 Å². The number of aliphatic hydroxyl groups excluding tert-OH is 4. The number of carbonyl (C=O) groups excluding carboxylic acids is 1. The maximum Gasteiger partial charge on any atom is 0.338 e.